The second-order valence-electron chi connectivity index (χ2n) is 4.68. The fraction of sp³-hybridized carbons (Fsp3) is 0.333. The van der Waals surface area contributed by atoms with Crippen molar-refractivity contribution in [1.82, 2.24) is 24.1 Å². The summed E-state index contributed by atoms with van der Waals surface area (Å²) in [6, 6.07) is 7.83. The van der Waals surface area contributed by atoms with E-state index >= 15 is 0 Å². The van der Waals surface area contributed by atoms with E-state index in [1.807, 2.05) is 31.2 Å². The van der Waals surface area contributed by atoms with E-state index in [0.29, 0.717) is 0 Å². The number of hydrogen-bond donors (Lipinski definition) is 0. The molecule has 0 fully saturated rings. The molecule has 0 atom stereocenters. The van der Waals surface area contributed by atoms with Gasteiger partial charge in [-0.3, -0.25) is 0 Å². The van der Waals surface area contributed by atoms with Gasteiger partial charge in [0, 0.05) is 13.0 Å². The van der Waals surface area contributed by atoms with Crippen LogP contribution in [0.25, 0.3) is 11.4 Å². The molecule has 3 rings (SSSR count). The molecule has 0 bridgehead atoms. The van der Waals surface area contributed by atoms with Crippen LogP contribution < -0.4 is 4.74 Å². The smallest absolute Gasteiger partial charge is 0.198 e. The number of rotatable bonds is 6. The number of benzene rings is 1. The Balaban J connectivity index is 1.96. The maximum absolute atomic E-state index is 5.44. The summed E-state index contributed by atoms with van der Waals surface area (Å²) in [6.07, 6.45) is 0.837. The molecule has 0 unspecified atom stereocenters. The molecule has 0 N–H and O–H groups in total. The zero-order valence-corrected chi connectivity index (χ0v) is 14.8. The predicted molar refractivity (Wildman–Crippen MR) is 91.1 cm³/mol. The highest BCUT2D eigenvalue weighted by atomic mass is 32.2. The van der Waals surface area contributed by atoms with E-state index in [9.17, 15) is 0 Å². The lowest BCUT2D eigenvalue weighted by atomic mass is 10.2. The Morgan fingerprint density at radius 3 is 2.74 bits per heavy atom. The van der Waals surface area contributed by atoms with Gasteiger partial charge in [0.25, 0.3) is 0 Å². The third-order valence-corrected chi connectivity index (χ3v) is 5.10. The summed E-state index contributed by atoms with van der Waals surface area (Å²) < 4.78 is 12.7. The van der Waals surface area contributed by atoms with Gasteiger partial charge in [0.2, 0.25) is 0 Å². The average Bonchev–Trinajstić information content (AvgIpc) is 3.21. The molecular weight excluding hydrogens is 330 g/mol. The number of aromatic nitrogens is 5. The van der Waals surface area contributed by atoms with Gasteiger partial charge in [-0.15, -0.1) is 10.2 Å². The van der Waals surface area contributed by atoms with E-state index in [0.717, 1.165) is 45.4 Å². The van der Waals surface area contributed by atoms with Gasteiger partial charge >= 0.3 is 0 Å². The Bertz CT molecular complexity index is 799. The quantitative estimate of drug-likeness (QED) is 0.679. The minimum absolute atomic E-state index is 0.766. The first-order chi connectivity index (χ1) is 11.3. The largest absolute Gasteiger partial charge is 0.496 e. The summed E-state index contributed by atoms with van der Waals surface area (Å²) in [4.78, 5) is 4.48. The van der Waals surface area contributed by atoms with Crippen LogP contribution in [0.4, 0.5) is 0 Å². The maximum Gasteiger partial charge on any atom is 0.198 e. The van der Waals surface area contributed by atoms with Gasteiger partial charge in [-0.1, -0.05) is 19.1 Å². The van der Waals surface area contributed by atoms with Gasteiger partial charge in [-0.2, -0.15) is 4.37 Å². The Kier molecular flexibility index (Phi) is 4.92. The van der Waals surface area contributed by atoms with E-state index in [-0.39, 0.29) is 0 Å². The second kappa shape index (κ2) is 7.10. The molecule has 0 saturated carbocycles. The maximum atomic E-state index is 5.44. The lowest BCUT2D eigenvalue weighted by Gasteiger charge is -2.09. The first kappa shape index (κ1) is 15.9. The average molecular weight is 347 g/mol. The fourth-order valence-electron chi connectivity index (χ4n) is 2.18. The number of ether oxygens (including phenoxy) is 1. The van der Waals surface area contributed by atoms with Crippen molar-refractivity contribution in [3.63, 3.8) is 0 Å². The van der Waals surface area contributed by atoms with Crippen molar-refractivity contribution in [2.75, 3.05) is 7.11 Å². The molecule has 0 aliphatic heterocycles. The molecule has 1 aromatic carbocycles. The van der Waals surface area contributed by atoms with E-state index in [4.69, 9.17) is 4.74 Å². The predicted octanol–water partition coefficient (Wildman–Crippen LogP) is 3.54. The monoisotopic (exact) mass is 347 g/mol. The van der Waals surface area contributed by atoms with Gasteiger partial charge < -0.3 is 9.30 Å². The molecule has 2 heterocycles. The first-order valence-electron chi connectivity index (χ1n) is 7.33. The number of aryl methyl sites for hydroxylation is 1. The summed E-state index contributed by atoms with van der Waals surface area (Å²) in [5, 5.41) is 9.50. The SMILES string of the molecule is CCc1nsc(Sc2nnc(-c3ccccc3OC)n2CC)n1. The number of hydrogen-bond acceptors (Lipinski definition) is 7. The van der Waals surface area contributed by atoms with Gasteiger partial charge in [-0.05, 0) is 42.4 Å². The summed E-state index contributed by atoms with van der Waals surface area (Å²) >= 11 is 2.89. The molecule has 0 aliphatic rings. The molecule has 0 amide bonds. The van der Waals surface area contributed by atoms with Crippen LogP contribution in [-0.4, -0.2) is 31.2 Å². The van der Waals surface area contributed by atoms with Crippen molar-refractivity contribution < 1.29 is 4.74 Å². The third-order valence-electron chi connectivity index (χ3n) is 3.33. The van der Waals surface area contributed by atoms with Crippen LogP contribution in [0.5, 0.6) is 5.75 Å². The van der Waals surface area contributed by atoms with Crippen LogP contribution in [0.3, 0.4) is 0 Å². The van der Waals surface area contributed by atoms with Gasteiger partial charge in [0.15, 0.2) is 15.3 Å². The van der Waals surface area contributed by atoms with Crippen LogP contribution in [0, 0.1) is 0 Å². The molecule has 0 spiro atoms. The van der Waals surface area contributed by atoms with E-state index in [1.165, 1.54) is 23.3 Å². The van der Waals surface area contributed by atoms with Gasteiger partial charge in [0.05, 0.1) is 12.7 Å². The Labute approximate surface area is 143 Å². The van der Waals surface area contributed by atoms with Crippen molar-refractivity contribution >= 4 is 23.3 Å². The van der Waals surface area contributed by atoms with Crippen LogP contribution in [0.1, 0.15) is 19.7 Å². The highest BCUT2D eigenvalue weighted by molar-refractivity contribution is 8.00. The van der Waals surface area contributed by atoms with Crippen molar-refractivity contribution in [2.45, 2.75) is 36.3 Å². The van der Waals surface area contributed by atoms with Crippen molar-refractivity contribution in [3.8, 4) is 17.1 Å². The summed E-state index contributed by atoms with van der Waals surface area (Å²) in [7, 11) is 1.66. The number of para-hydroxylation sites is 1. The minimum atomic E-state index is 0.766. The zero-order chi connectivity index (χ0) is 16.2. The molecule has 120 valence electrons. The molecular formula is C15H17N5OS2. The Hall–Kier alpha value is -1.93. The Morgan fingerprint density at radius 1 is 1.22 bits per heavy atom. The molecule has 8 heteroatoms. The highest BCUT2D eigenvalue weighted by Gasteiger charge is 2.18. The molecule has 2 aromatic heterocycles. The van der Waals surface area contributed by atoms with Gasteiger partial charge in [-0.25, -0.2) is 4.98 Å². The number of nitrogens with zero attached hydrogens (tertiary/aromatic N) is 5. The second-order valence-corrected chi connectivity index (χ2v) is 6.65. The van der Waals surface area contributed by atoms with Crippen molar-refractivity contribution in [1.29, 1.82) is 0 Å². The first-order valence-corrected chi connectivity index (χ1v) is 8.92. The van der Waals surface area contributed by atoms with Gasteiger partial charge in [0.1, 0.15) is 11.6 Å². The van der Waals surface area contributed by atoms with E-state index < -0.39 is 0 Å². The van der Waals surface area contributed by atoms with Crippen molar-refractivity contribution in [3.05, 3.63) is 30.1 Å². The minimum Gasteiger partial charge on any atom is -0.496 e. The fourth-order valence-corrected chi connectivity index (χ4v) is 3.88. The van der Waals surface area contributed by atoms with Crippen LogP contribution in [-0.2, 0) is 13.0 Å². The zero-order valence-electron chi connectivity index (χ0n) is 13.2. The topological polar surface area (TPSA) is 65.7 Å². The summed E-state index contributed by atoms with van der Waals surface area (Å²) in [5.41, 5.74) is 0.933. The Morgan fingerprint density at radius 2 is 2.04 bits per heavy atom. The van der Waals surface area contributed by atoms with Crippen LogP contribution >= 0.6 is 23.3 Å². The molecule has 0 radical (unpaired) electrons. The molecule has 6 nitrogen and oxygen atoms in total. The van der Waals surface area contributed by atoms with Crippen LogP contribution in [0.15, 0.2) is 33.8 Å². The third kappa shape index (κ3) is 3.23. The van der Waals surface area contributed by atoms with E-state index in [2.05, 4.69) is 31.0 Å². The molecule has 3 aromatic rings. The lowest BCUT2D eigenvalue weighted by molar-refractivity contribution is 0.416. The standard InChI is InChI=1S/C15H17N5OS2/c1-4-12-16-15(23-19-12)22-14-18-17-13(20(14)5-2)10-8-6-7-9-11(10)21-3/h6-9H,4-5H2,1-3H3. The highest BCUT2D eigenvalue weighted by Crippen LogP contribution is 2.33. The molecule has 0 aliphatic carbocycles. The lowest BCUT2D eigenvalue weighted by Crippen LogP contribution is -2.00. The van der Waals surface area contributed by atoms with E-state index in [1.54, 1.807) is 7.11 Å². The van der Waals surface area contributed by atoms with Crippen LogP contribution in [0.2, 0.25) is 0 Å². The normalized spacial score (nSPS) is 10.9. The summed E-state index contributed by atoms with van der Waals surface area (Å²) in [6.45, 7) is 4.89. The summed E-state index contributed by atoms with van der Waals surface area (Å²) in [5.74, 6) is 2.45. The molecule has 23 heavy (non-hydrogen) atoms. The van der Waals surface area contributed by atoms with Crippen molar-refractivity contribution in [2.24, 2.45) is 0 Å². The number of methoxy groups -OCH3 is 1. The molecule has 0 saturated heterocycles.